The number of ether oxygens (including phenoxy) is 2. The summed E-state index contributed by atoms with van der Waals surface area (Å²) in [4.78, 5) is 39.2. The van der Waals surface area contributed by atoms with Crippen LogP contribution in [0.2, 0.25) is 5.02 Å². The number of rotatable bonds is 5. The van der Waals surface area contributed by atoms with Gasteiger partial charge in [-0.05, 0) is 6.92 Å². The van der Waals surface area contributed by atoms with E-state index in [1.54, 1.807) is 6.92 Å². The van der Waals surface area contributed by atoms with Gasteiger partial charge in [0.15, 0.2) is 18.2 Å². The van der Waals surface area contributed by atoms with E-state index in [1.807, 2.05) is 0 Å². The monoisotopic (exact) mass is 425 g/mol. The van der Waals surface area contributed by atoms with Crippen molar-refractivity contribution in [2.24, 2.45) is 7.05 Å². The highest BCUT2D eigenvalue weighted by Crippen LogP contribution is 2.28. The van der Waals surface area contributed by atoms with Crippen molar-refractivity contribution in [3.63, 3.8) is 0 Å². The van der Waals surface area contributed by atoms with Crippen LogP contribution < -0.4 is 16.0 Å². The van der Waals surface area contributed by atoms with Crippen LogP contribution in [0, 0.1) is 5.82 Å². The van der Waals surface area contributed by atoms with Crippen LogP contribution in [0.3, 0.4) is 0 Å². The summed E-state index contributed by atoms with van der Waals surface area (Å²) in [5, 5.41) is -0.401. The molecule has 2 rings (SSSR count). The fraction of sp³-hybridized carbons (Fsp3) is 0.333. The SMILES string of the molecule is CCOC(=O)COc1nc(-n2c(=O)cc(C(F)(F)F)n(C)c2=O)c(F)cc1Cl. The van der Waals surface area contributed by atoms with E-state index in [-0.39, 0.29) is 21.8 Å². The van der Waals surface area contributed by atoms with Gasteiger partial charge in [0.05, 0.1) is 6.61 Å². The lowest BCUT2D eigenvalue weighted by atomic mass is 10.3. The number of carbonyl (C=O) groups is 1. The molecule has 0 aromatic carbocycles. The Morgan fingerprint density at radius 3 is 2.50 bits per heavy atom. The third kappa shape index (κ3) is 4.32. The number of carbonyl (C=O) groups excluding carboxylic acids is 1. The molecule has 0 atom stereocenters. The predicted octanol–water partition coefficient (Wildman–Crippen LogP) is 1.68. The first-order valence-electron chi connectivity index (χ1n) is 7.52. The Kier molecular flexibility index (Phi) is 6.12. The third-order valence-corrected chi connectivity index (χ3v) is 3.60. The molecule has 8 nitrogen and oxygen atoms in total. The number of pyridine rings is 1. The molecule has 0 spiro atoms. The Balaban J connectivity index is 2.58. The molecule has 2 aromatic heterocycles. The average molecular weight is 426 g/mol. The van der Waals surface area contributed by atoms with Gasteiger partial charge < -0.3 is 9.47 Å². The molecule has 13 heteroatoms. The van der Waals surface area contributed by atoms with E-state index in [0.717, 1.165) is 7.05 Å². The number of alkyl halides is 3. The highest BCUT2D eigenvalue weighted by Gasteiger charge is 2.35. The first kappa shape index (κ1) is 21.4. The fourth-order valence-corrected chi connectivity index (χ4v) is 2.31. The van der Waals surface area contributed by atoms with E-state index in [1.165, 1.54) is 0 Å². The molecule has 0 aliphatic rings. The van der Waals surface area contributed by atoms with Crippen molar-refractivity contribution in [1.29, 1.82) is 0 Å². The number of hydrogen-bond donors (Lipinski definition) is 0. The number of hydrogen-bond acceptors (Lipinski definition) is 6. The topological polar surface area (TPSA) is 92.4 Å². The summed E-state index contributed by atoms with van der Waals surface area (Å²) in [5.41, 5.74) is -4.49. The van der Waals surface area contributed by atoms with Gasteiger partial charge in [0.1, 0.15) is 10.7 Å². The molecule has 28 heavy (non-hydrogen) atoms. The van der Waals surface area contributed by atoms with Gasteiger partial charge in [0, 0.05) is 19.2 Å². The summed E-state index contributed by atoms with van der Waals surface area (Å²) in [5.74, 6) is -3.54. The van der Waals surface area contributed by atoms with Crippen LogP contribution in [0.5, 0.6) is 5.88 Å². The van der Waals surface area contributed by atoms with Crippen LogP contribution >= 0.6 is 11.6 Å². The average Bonchev–Trinajstić information content (AvgIpc) is 2.58. The molecule has 2 heterocycles. The zero-order chi connectivity index (χ0) is 21.2. The highest BCUT2D eigenvalue weighted by molar-refractivity contribution is 6.31. The van der Waals surface area contributed by atoms with Crippen LogP contribution in [0.25, 0.3) is 5.82 Å². The molecular weight excluding hydrogens is 414 g/mol. The van der Waals surface area contributed by atoms with Gasteiger partial charge in [-0.3, -0.25) is 9.36 Å². The Hall–Kier alpha value is -2.89. The first-order chi connectivity index (χ1) is 13.0. The Labute approximate surface area is 158 Å². The van der Waals surface area contributed by atoms with E-state index in [4.69, 9.17) is 16.3 Å². The van der Waals surface area contributed by atoms with Crippen molar-refractivity contribution in [1.82, 2.24) is 14.1 Å². The normalized spacial score (nSPS) is 11.4. The number of esters is 1. The molecule has 0 saturated heterocycles. The maximum atomic E-state index is 14.2. The van der Waals surface area contributed by atoms with E-state index in [2.05, 4.69) is 9.72 Å². The lowest BCUT2D eigenvalue weighted by Crippen LogP contribution is -2.41. The van der Waals surface area contributed by atoms with Crippen LogP contribution in [0.15, 0.2) is 21.7 Å². The minimum absolute atomic E-state index is 0.0645. The lowest BCUT2D eigenvalue weighted by molar-refractivity contribution is -0.145. The maximum absolute atomic E-state index is 14.2. The van der Waals surface area contributed by atoms with Crippen LogP contribution in [-0.2, 0) is 22.8 Å². The Bertz CT molecular complexity index is 1030. The van der Waals surface area contributed by atoms with Crippen molar-refractivity contribution in [2.75, 3.05) is 13.2 Å². The molecular formula is C15H12ClF4N3O5. The lowest BCUT2D eigenvalue weighted by Gasteiger charge is -2.14. The molecule has 0 radical (unpaired) electrons. The van der Waals surface area contributed by atoms with Crippen LogP contribution in [0.4, 0.5) is 17.6 Å². The van der Waals surface area contributed by atoms with Crippen LogP contribution in [0.1, 0.15) is 12.6 Å². The summed E-state index contributed by atoms with van der Waals surface area (Å²) in [7, 11) is 0.757. The van der Waals surface area contributed by atoms with Gasteiger partial charge in [-0.15, -0.1) is 0 Å². The third-order valence-electron chi connectivity index (χ3n) is 3.33. The van der Waals surface area contributed by atoms with Crippen molar-refractivity contribution in [2.45, 2.75) is 13.1 Å². The maximum Gasteiger partial charge on any atom is 0.431 e. The summed E-state index contributed by atoms with van der Waals surface area (Å²) < 4.78 is 62.7. The summed E-state index contributed by atoms with van der Waals surface area (Å²) in [6.07, 6.45) is -4.98. The van der Waals surface area contributed by atoms with Crippen molar-refractivity contribution in [3.8, 4) is 11.7 Å². The molecule has 2 aromatic rings. The summed E-state index contributed by atoms with van der Waals surface area (Å²) >= 11 is 5.75. The molecule has 0 saturated carbocycles. The van der Waals surface area contributed by atoms with E-state index >= 15 is 0 Å². The molecule has 0 bridgehead atoms. The van der Waals surface area contributed by atoms with Gasteiger partial charge in [-0.2, -0.15) is 18.2 Å². The van der Waals surface area contributed by atoms with Crippen LogP contribution in [-0.4, -0.2) is 33.3 Å². The summed E-state index contributed by atoms with van der Waals surface area (Å²) in [6, 6.07) is 0.754. The first-order valence-corrected chi connectivity index (χ1v) is 7.90. The predicted molar refractivity (Wildman–Crippen MR) is 87.2 cm³/mol. The largest absolute Gasteiger partial charge is 0.465 e. The molecule has 0 unspecified atom stereocenters. The van der Waals surface area contributed by atoms with E-state index in [9.17, 15) is 31.9 Å². The standard InChI is InChI=1S/C15H12ClF4N3O5/c1-3-27-11(25)6-28-13-7(16)4-8(17)12(21-13)23-10(24)5-9(15(18,19)20)22(2)14(23)26/h4-5H,3,6H2,1-2H3. The quantitative estimate of drug-likeness (QED) is 0.534. The number of nitrogens with zero attached hydrogens (tertiary/aromatic N) is 3. The molecule has 0 aliphatic carbocycles. The zero-order valence-electron chi connectivity index (χ0n) is 14.3. The highest BCUT2D eigenvalue weighted by atomic mass is 35.5. The fourth-order valence-electron chi connectivity index (χ4n) is 2.12. The molecule has 0 amide bonds. The van der Waals surface area contributed by atoms with Gasteiger partial charge in [-0.1, -0.05) is 11.6 Å². The number of halogens is 5. The molecule has 0 aliphatic heterocycles. The number of aromatic nitrogens is 3. The zero-order valence-corrected chi connectivity index (χ0v) is 15.1. The van der Waals surface area contributed by atoms with Crippen molar-refractivity contribution in [3.05, 3.63) is 49.5 Å². The van der Waals surface area contributed by atoms with E-state index in [0.29, 0.717) is 6.07 Å². The van der Waals surface area contributed by atoms with Crippen molar-refractivity contribution < 1.29 is 31.8 Å². The minimum Gasteiger partial charge on any atom is -0.465 e. The van der Waals surface area contributed by atoms with E-state index < -0.39 is 58.2 Å². The molecule has 0 fully saturated rings. The summed E-state index contributed by atoms with van der Waals surface area (Å²) in [6.45, 7) is 0.951. The minimum atomic E-state index is -4.98. The second kappa shape index (κ2) is 8.00. The van der Waals surface area contributed by atoms with Gasteiger partial charge in [0.2, 0.25) is 5.88 Å². The second-order valence-electron chi connectivity index (χ2n) is 5.22. The molecule has 0 N–H and O–H groups in total. The Morgan fingerprint density at radius 2 is 1.93 bits per heavy atom. The van der Waals surface area contributed by atoms with Gasteiger partial charge in [0.25, 0.3) is 5.56 Å². The van der Waals surface area contributed by atoms with Gasteiger partial charge >= 0.3 is 17.8 Å². The molecule has 152 valence electrons. The Morgan fingerprint density at radius 1 is 1.29 bits per heavy atom. The van der Waals surface area contributed by atoms with Crippen molar-refractivity contribution >= 4 is 17.6 Å². The second-order valence-corrected chi connectivity index (χ2v) is 5.62. The smallest absolute Gasteiger partial charge is 0.431 e. The van der Waals surface area contributed by atoms with Gasteiger partial charge in [-0.25, -0.2) is 18.5 Å².